The van der Waals surface area contributed by atoms with Crippen LogP contribution in [0.2, 0.25) is 0 Å². The number of carbonyl (C=O) groups is 1. The number of amides is 1. The van der Waals surface area contributed by atoms with Crippen LogP contribution in [0.5, 0.6) is 0 Å². The zero-order chi connectivity index (χ0) is 16.9. The first-order chi connectivity index (χ1) is 10.9. The minimum absolute atomic E-state index is 0.0592. The molecule has 1 amide bonds. The second-order valence-corrected chi connectivity index (χ2v) is 7.12. The zero-order valence-corrected chi connectivity index (χ0v) is 14.3. The fourth-order valence-corrected chi connectivity index (χ4v) is 2.74. The zero-order valence-electron chi connectivity index (χ0n) is 14.3. The van der Waals surface area contributed by atoms with Crippen molar-refractivity contribution in [2.24, 2.45) is 0 Å². The maximum atomic E-state index is 12.2. The Kier molecular flexibility index (Phi) is 6.02. The largest absolute Gasteiger partial charge is 0.444 e. The minimum Gasteiger partial charge on any atom is -0.444 e. The summed E-state index contributed by atoms with van der Waals surface area (Å²) in [6.45, 7) is 7.89. The highest BCUT2D eigenvalue weighted by atomic mass is 16.6. The predicted molar refractivity (Wildman–Crippen MR) is 90.0 cm³/mol. The van der Waals surface area contributed by atoms with Gasteiger partial charge in [0, 0.05) is 25.7 Å². The van der Waals surface area contributed by atoms with Crippen LogP contribution in [0.1, 0.15) is 44.7 Å². The fourth-order valence-electron chi connectivity index (χ4n) is 2.74. The number of aliphatic hydroxyl groups is 1. The summed E-state index contributed by atoms with van der Waals surface area (Å²) in [5.41, 5.74) is 1.61. The number of rotatable bonds is 4. The van der Waals surface area contributed by atoms with E-state index in [0.717, 1.165) is 37.1 Å². The lowest BCUT2D eigenvalue weighted by atomic mass is 10.1. The smallest absolute Gasteiger partial charge is 0.410 e. The molecule has 0 radical (unpaired) electrons. The SMILES string of the molecule is CC(C)(C)OC(=O)N1CCCC(NCc2cccc(CO)c2)C1. The monoisotopic (exact) mass is 320 g/mol. The molecular weight excluding hydrogens is 292 g/mol. The van der Waals surface area contributed by atoms with Crippen LogP contribution in [0.25, 0.3) is 0 Å². The number of ether oxygens (including phenoxy) is 1. The molecule has 5 nitrogen and oxygen atoms in total. The van der Waals surface area contributed by atoms with Gasteiger partial charge in [0.15, 0.2) is 0 Å². The van der Waals surface area contributed by atoms with Gasteiger partial charge in [-0.2, -0.15) is 0 Å². The Morgan fingerprint density at radius 1 is 1.39 bits per heavy atom. The van der Waals surface area contributed by atoms with E-state index in [4.69, 9.17) is 4.74 Å². The first-order valence-electron chi connectivity index (χ1n) is 8.27. The predicted octanol–water partition coefficient (Wildman–Crippen LogP) is 2.67. The van der Waals surface area contributed by atoms with Gasteiger partial charge in [0.1, 0.15) is 5.60 Å². The summed E-state index contributed by atoms with van der Waals surface area (Å²) in [5, 5.41) is 12.7. The van der Waals surface area contributed by atoms with Crippen LogP contribution in [0.3, 0.4) is 0 Å². The summed E-state index contributed by atoms with van der Waals surface area (Å²) in [5.74, 6) is 0. The topological polar surface area (TPSA) is 61.8 Å². The van der Waals surface area contributed by atoms with Crippen molar-refractivity contribution >= 4 is 6.09 Å². The molecule has 1 aliphatic heterocycles. The number of hydrogen-bond donors (Lipinski definition) is 2. The average molecular weight is 320 g/mol. The lowest BCUT2D eigenvalue weighted by Crippen LogP contribution is -2.49. The lowest BCUT2D eigenvalue weighted by Gasteiger charge is -2.34. The molecule has 1 unspecified atom stereocenters. The molecule has 0 aromatic heterocycles. The van der Waals surface area contributed by atoms with E-state index in [1.807, 2.05) is 45.0 Å². The van der Waals surface area contributed by atoms with Crippen LogP contribution in [0.15, 0.2) is 24.3 Å². The summed E-state index contributed by atoms with van der Waals surface area (Å²) >= 11 is 0. The van der Waals surface area contributed by atoms with Crippen molar-refractivity contribution in [1.29, 1.82) is 0 Å². The molecule has 2 rings (SSSR count). The van der Waals surface area contributed by atoms with E-state index in [1.165, 1.54) is 0 Å². The number of likely N-dealkylation sites (tertiary alicyclic amines) is 1. The third-order valence-electron chi connectivity index (χ3n) is 3.84. The van der Waals surface area contributed by atoms with Crippen molar-refractivity contribution in [3.63, 3.8) is 0 Å². The third kappa shape index (κ3) is 5.84. The van der Waals surface area contributed by atoms with Gasteiger partial charge in [-0.05, 0) is 44.7 Å². The molecule has 1 fully saturated rings. The van der Waals surface area contributed by atoms with Gasteiger partial charge in [0.25, 0.3) is 0 Å². The second-order valence-electron chi connectivity index (χ2n) is 7.12. The highest BCUT2D eigenvalue weighted by Crippen LogP contribution is 2.16. The molecule has 0 spiro atoms. The van der Waals surface area contributed by atoms with E-state index >= 15 is 0 Å². The Labute approximate surface area is 138 Å². The summed E-state index contributed by atoms with van der Waals surface area (Å²) in [6, 6.07) is 8.18. The highest BCUT2D eigenvalue weighted by Gasteiger charge is 2.27. The number of piperidine rings is 1. The molecule has 0 saturated carbocycles. The number of nitrogens with zero attached hydrogens (tertiary/aromatic N) is 1. The van der Waals surface area contributed by atoms with E-state index < -0.39 is 5.60 Å². The van der Waals surface area contributed by atoms with Crippen LogP contribution in [-0.2, 0) is 17.9 Å². The lowest BCUT2D eigenvalue weighted by molar-refractivity contribution is 0.0187. The molecule has 1 heterocycles. The first-order valence-corrected chi connectivity index (χ1v) is 8.27. The molecule has 1 atom stereocenters. The van der Waals surface area contributed by atoms with Gasteiger partial charge in [-0.25, -0.2) is 4.79 Å². The van der Waals surface area contributed by atoms with Gasteiger partial charge < -0.3 is 20.1 Å². The average Bonchev–Trinajstić information content (AvgIpc) is 2.52. The van der Waals surface area contributed by atoms with E-state index in [-0.39, 0.29) is 18.7 Å². The molecule has 1 aliphatic rings. The molecule has 1 saturated heterocycles. The van der Waals surface area contributed by atoms with Crippen LogP contribution in [0, 0.1) is 0 Å². The number of benzene rings is 1. The Morgan fingerprint density at radius 3 is 2.83 bits per heavy atom. The van der Waals surface area contributed by atoms with Gasteiger partial charge in [-0.15, -0.1) is 0 Å². The van der Waals surface area contributed by atoms with Gasteiger partial charge in [0.05, 0.1) is 6.61 Å². The van der Waals surface area contributed by atoms with Crippen molar-refractivity contribution in [1.82, 2.24) is 10.2 Å². The quantitative estimate of drug-likeness (QED) is 0.895. The molecule has 1 aromatic carbocycles. The maximum absolute atomic E-state index is 12.2. The number of hydrogen-bond acceptors (Lipinski definition) is 4. The molecular formula is C18H28N2O3. The molecule has 0 bridgehead atoms. The summed E-state index contributed by atoms with van der Waals surface area (Å²) in [6.07, 6.45) is 1.80. The molecule has 1 aromatic rings. The maximum Gasteiger partial charge on any atom is 0.410 e. The molecule has 0 aliphatic carbocycles. The Morgan fingerprint density at radius 2 is 2.13 bits per heavy atom. The van der Waals surface area contributed by atoms with Crippen molar-refractivity contribution < 1.29 is 14.6 Å². The summed E-state index contributed by atoms with van der Waals surface area (Å²) in [4.78, 5) is 14.0. The summed E-state index contributed by atoms with van der Waals surface area (Å²) < 4.78 is 5.45. The van der Waals surface area contributed by atoms with E-state index in [2.05, 4.69) is 5.32 Å². The van der Waals surface area contributed by atoms with Crippen molar-refractivity contribution in [2.75, 3.05) is 13.1 Å². The van der Waals surface area contributed by atoms with Gasteiger partial charge in [-0.3, -0.25) is 0 Å². The number of nitrogens with one attached hydrogen (secondary N) is 1. The first kappa shape index (κ1) is 17.8. The summed E-state index contributed by atoms with van der Waals surface area (Å²) in [7, 11) is 0. The van der Waals surface area contributed by atoms with Gasteiger partial charge in [0.2, 0.25) is 0 Å². The second kappa shape index (κ2) is 7.79. The van der Waals surface area contributed by atoms with Gasteiger partial charge in [-0.1, -0.05) is 24.3 Å². The standard InChI is InChI=1S/C18H28N2O3/c1-18(2,3)23-17(22)20-9-5-8-16(12-20)19-11-14-6-4-7-15(10-14)13-21/h4,6-7,10,16,19,21H,5,8-9,11-13H2,1-3H3. The number of carbonyl (C=O) groups excluding carboxylic acids is 1. The van der Waals surface area contributed by atoms with Crippen LogP contribution < -0.4 is 5.32 Å². The van der Waals surface area contributed by atoms with E-state index in [0.29, 0.717) is 6.54 Å². The highest BCUT2D eigenvalue weighted by molar-refractivity contribution is 5.68. The Hall–Kier alpha value is -1.59. The van der Waals surface area contributed by atoms with Crippen molar-refractivity contribution in [2.45, 2.75) is 58.4 Å². The Bertz CT molecular complexity index is 525. The number of aliphatic hydroxyl groups excluding tert-OH is 1. The van der Waals surface area contributed by atoms with Gasteiger partial charge >= 0.3 is 6.09 Å². The van der Waals surface area contributed by atoms with E-state index in [1.54, 1.807) is 4.90 Å². The Balaban J connectivity index is 1.85. The fraction of sp³-hybridized carbons (Fsp3) is 0.611. The van der Waals surface area contributed by atoms with E-state index in [9.17, 15) is 9.90 Å². The molecule has 128 valence electrons. The third-order valence-corrected chi connectivity index (χ3v) is 3.84. The normalized spacial score (nSPS) is 18.8. The molecule has 23 heavy (non-hydrogen) atoms. The van der Waals surface area contributed by atoms with Crippen molar-refractivity contribution in [3.05, 3.63) is 35.4 Å². The van der Waals surface area contributed by atoms with Crippen molar-refractivity contribution in [3.8, 4) is 0 Å². The van der Waals surface area contributed by atoms with Crippen LogP contribution in [-0.4, -0.2) is 40.8 Å². The van der Waals surface area contributed by atoms with Crippen LogP contribution >= 0.6 is 0 Å². The molecule has 5 heteroatoms. The minimum atomic E-state index is -0.456. The molecule has 2 N–H and O–H groups in total. The van der Waals surface area contributed by atoms with Crippen LogP contribution in [0.4, 0.5) is 4.79 Å².